The summed E-state index contributed by atoms with van der Waals surface area (Å²) in [7, 11) is 0. The van der Waals surface area contributed by atoms with Gasteiger partial charge in [0.05, 0.1) is 5.69 Å². The summed E-state index contributed by atoms with van der Waals surface area (Å²) >= 11 is 0. The molecule has 0 atom stereocenters. The Hall–Kier alpha value is -1.32. The van der Waals surface area contributed by atoms with Gasteiger partial charge in [-0.15, -0.1) is 0 Å². The molecule has 2 N–H and O–H groups in total. The van der Waals surface area contributed by atoms with Gasteiger partial charge in [-0.2, -0.15) is 0 Å². The Balaban J connectivity index is 3.12. The SMILES string of the molecule is CCc1noc(N)c1C=O. The second kappa shape index (κ2) is 2.51. The molecule has 0 radical (unpaired) electrons. The fourth-order valence-electron chi connectivity index (χ4n) is 0.726. The van der Waals surface area contributed by atoms with Crippen LogP contribution in [0, 0.1) is 0 Å². The fourth-order valence-corrected chi connectivity index (χ4v) is 0.726. The third-order valence-corrected chi connectivity index (χ3v) is 1.28. The fraction of sp³-hybridized carbons (Fsp3) is 0.333. The van der Waals surface area contributed by atoms with Gasteiger partial charge in [-0.05, 0) is 6.42 Å². The van der Waals surface area contributed by atoms with E-state index in [0.717, 1.165) is 0 Å². The van der Waals surface area contributed by atoms with E-state index in [4.69, 9.17) is 5.73 Å². The Labute approximate surface area is 58.0 Å². The van der Waals surface area contributed by atoms with Crippen LogP contribution in [0.5, 0.6) is 0 Å². The molecule has 10 heavy (non-hydrogen) atoms. The second-order valence-electron chi connectivity index (χ2n) is 1.88. The number of anilines is 1. The molecule has 0 saturated heterocycles. The quantitative estimate of drug-likeness (QED) is 0.612. The maximum Gasteiger partial charge on any atom is 0.232 e. The van der Waals surface area contributed by atoms with Crippen molar-refractivity contribution in [3.63, 3.8) is 0 Å². The lowest BCUT2D eigenvalue weighted by atomic mass is 10.2. The molecular weight excluding hydrogens is 132 g/mol. The lowest BCUT2D eigenvalue weighted by Gasteiger charge is -1.84. The van der Waals surface area contributed by atoms with Gasteiger partial charge >= 0.3 is 0 Å². The minimum Gasteiger partial charge on any atom is -0.367 e. The Morgan fingerprint density at radius 3 is 2.90 bits per heavy atom. The minimum absolute atomic E-state index is 0.104. The zero-order chi connectivity index (χ0) is 7.56. The first-order valence-corrected chi connectivity index (χ1v) is 2.98. The summed E-state index contributed by atoms with van der Waals surface area (Å²) in [5, 5.41) is 3.57. The molecule has 1 aromatic rings. The third kappa shape index (κ3) is 0.877. The van der Waals surface area contributed by atoms with Crippen LogP contribution in [0.3, 0.4) is 0 Å². The van der Waals surface area contributed by atoms with Gasteiger partial charge in [0.15, 0.2) is 6.29 Å². The summed E-state index contributed by atoms with van der Waals surface area (Å²) in [6.45, 7) is 1.88. The van der Waals surface area contributed by atoms with Gasteiger partial charge < -0.3 is 10.3 Å². The molecule has 0 saturated carbocycles. The van der Waals surface area contributed by atoms with Gasteiger partial charge in [0.25, 0.3) is 0 Å². The summed E-state index contributed by atoms with van der Waals surface area (Å²) < 4.78 is 4.57. The van der Waals surface area contributed by atoms with Crippen molar-refractivity contribution in [3.8, 4) is 0 Å². The van der Waals surface area contributed by atoms with Crippen LogP contribution >= 0.6 is 0 Å². The van der Waals surface area contributed by atoms with Crippen molar-refractivity contribution >= 4 is 12.2 Å². The molecule has 0 bridgehead atoms. The number of aldehydes is 1. The third-order valence-electron chi connectivity index (χ3n) is 1.28. The molecule has 0 aliphatic rings. The Kier molecular flexibility index (Phi) is 1.71. The molecule has 0 spiro atoms. The van der Waals surface area contributed by atoms with Gasteiger partial charge in [-0.1, -0.05) is 12.1 Å². The molecule has 0 aliphatic carbocycles. The van der Waals surface area contributed by atoms with E-state index in [-0.39, 0.29) is 5.88 Å². The Bertz CT molecular complexity index is 242. The van der Waals surface area contributed by atoms with Crippen LogP contribution < -0.4 is 5.73 Å². The van der Waals surface area contributed by atoms with E-state index in [1.54, 1.807) is 0 Å². The molecule has 0 aliphatic heterocycles. The number of nitrogen functional groups attached to an aromatic ring is 1. The van der Waals surface area contributed by atoms with E-state index < -0.39 is 0 Å². The second-order valence-corrected chi connectivity index (χ2v) is 1.88. The number of nitrogens with zero attached hydrogens (tertiary/aromatic N) is 1. The standard InChI is InChI=1S/C6H8N2O2/c1-2-5-4(3-9)6(7)10-8-5/h3H,2,7H2,1H3. The number of hydrogen-bond donors (Lipinski definition) is 1. The van der Waals surface area contributed by atoms with Crippen molar-refractivity contribution < 1.29 is 9.32 Å². The molecule has 1 heterocycles. The summed E-state index contributed by atoms with van der Waals surface area (Å²) in [5.74, 6) is 0.104. The van der Waals surface area contributed by atoms with E-state index in [2.05, 4.69) is 9.68 Å². The highest BCUT2D eigenvalue weighted by atomic mass is 16.5. The normalized spacial score (nSPS) is 9.70. The maximum absolute atomic E-state index is 10.3. The first-order valence-electron chi connectivity index (χ1n) is 2.98. The number of carbonyl (C=O) groups excluding carboxylic acids is 1. The average molecular weight is 140 g/mol. The van der Waals surface area contributed by atoms with E-state index >= 15 is 0 Å². The maximum atomic E-state index is 10.3. The monoisotopic (exact) mass is 140 g/mol. The summed E-state index contributed by atoms with van der Waals surface area (Å²) in [6.07, 6.45) is 1.32. The molecule has 4 heteroatoms. The van der Waals surface area contributed by atoms with E-state index in [0.29, 0.717) is 24.0 Å². The number of rotatable bonds is 2. The van der Waals surface area contributed by atoms with Crippen molar-refractivity contribution in [2.45, 2.75) is 13.3 Å². The largest absolute Gasteiger partial charge is 0.367 e. The predicted molar refractivity (Wildman–Crippen MR) is 35.7 cm³/mol. The molecule has 1 rings (SSSR count). The van der Waals surface area contributed by atoms with E-state index in [1.807, 2.05) is 6.92 Å². The lowest BCUT2D eigenvalue weighted by molar-refractivity contribution is 0.112. The van der Waals surface area contributed by atoms with Crippen molar-refractivity contribution in [3.05, 3.63) is 11.3 Å². The van der Waals surface area contributed by atoms with Crippen molar-refractivity contribution in [2.24, 2.45) is 0 Å². The Morgan fingerprint density at radius 1 is 1.80 bits per heavy atom. The molecule has 4 nitrogen and oxygen atoms in total. The summed E-state index contributed by atoms with van der Waals surface area (Å²) in [5.41, 5.74) is 6.26. The van der Waals surface area contributed by atoms with Crippen LogP contribution in [0.4, 0.5) is 5.88 Å². The summed E-state index contributed by atoms with van der Waals surface area (Å²) in [4.78, 5) is 10.3. The molecule has 0 aromatic carbocycles. The van der Waals surface area contributed by atoms with E-state index in [9.17, 15) is 4.79 Å². The minimum atomic E-state index is 0.104. The van der Waals surface area contributed by atoms with Gasteiger partial charge in [0.2, 0.25) is 5.88 Å². The average Bonchev–Trinajstić information content (AvgIpc) is 2.30. The highest BCUT2D eigenvalue weighted by Gasteiger charge is 2.09. The molecular formula is C6H8N2O2. The van der Waals surface area contributed by atoms with Crippen LogP contribution in [-0.2, 0) is 6.42 Å². The number of carbonyl (C=O) groups is 1. The zero-order valence-corrected chi connectivity index (χ0v) is 5.63. The molecule has 0 fully saturated rings. The topological polar surface area (TPSA) is 69.1 Å². The van der Waals surface area contributed by atoms with Crippen LogP contribution in [-0.4, -0.2) is 11.4 Å². The smallest absolute Gasteiger partial charge is 0.232 e. The molecule has 0 unspecified atom stereocenters. The number of hydrogen-bond acceptors (Lipinski definition) is 4. The molecule has 1 aromatic heterocycles. The lowest BCUT2D eigenvalue weighted by Crippen LogP contribution is -1.91. The zero-order valence-electron chi connectivity index (χ0n) is 5.63. The van der Waals surface area contributed by atoms with Crippen molar-refractivity contribution in [1.82, 2.24) is 5.16 Å². The highest BCUT2D eigenvalue weighted by Crippen LogP contribution is 2.13. The van der Waals surface area contributed by atoms with Crippen molar-refractivity contribution in [1.29, 1.82) is 0 Å². The highest BCUT2D eigenvalue weighted by molar-refractivity contribution is 5.82. The first kappa shape index (κ1) is 6.80. The van der Waals surface area contributed by atoms with Crippen molar-refractivity contribution in [2.75, 3.05) is 5.73 Å². The Morgan fingerprint density at radius 2 is 2.50 bits per heavy atom. The van der Waals surface area contributed by atoms with Crippen LogP contribution in [0.1, 0.15) is 23.0 Å². The van der Waals surface area contributed by atoms with Crippen LogP contribution in [0.2, 0.25) is 0 Å². The summed E-state index contributed by atoms with van der Waals surface area (Å²) in [6, 6.07) is 0. The molecule has 54 valence electrons. The van der Waals surface area contributed by atoms with Crippen LogP contribution in [0.15, 0.2) is 4.52 Å². The number of aromatic nitrogens is 1. The van der Waals surface area contributed by atoms with Gasteiger partial charge in [-0.3, -0.25) is 4.79 Å². The van der Waals surface area contributed by atoms with Gasteiger partial charge in [0.1, 0.15) is 5.56 Å². The van der Waals surface area contributed by atoms with E-state index in [1.165, 1.54) is 0 Å². The number of aryl methyl sites for hydroxylation is 1. The van der Waals surface area contributed by atoms with Gasteiger partial charge in [-0.25, -0.2) is 0 Å². The van der Waals surface area contributed by atoms with Crippen LogP contribution in [0.25, 0.3) is 0 Å². The predicted octanol–water partition coefficient (Wildman–Crippen LogP) is 0.632. The van der Waals surface area contributed by atoms with Gasteiger partial charge in [0, 0.05) is 0 Å². The number of nitrogens with two attached hydrogens (primary N) is 1. The molecule has 0 amide bonds. The first-order chi connectivity index (χ1) is 4.79.